The highest BCUT2D eigenvalue weighted by Gasteiger charge is 2.05. The molecule has 0 aliphatic heterocycles. The molecule has 0 atom stereocenters. The van der Waals surface area contributed by atoms with Gasteiger partial charge in [0.25, 0.3) is 0 Å². The van der Waals surface area contributed by atoms with Crippen LogP contribution in [0.2, 0.25) is 0 Å². The van der Waals surface area contributed by atoms with Crippen molar-refractivity contribution in [1.82, 2.24) is 19.9 Å². The quantitative estimate of drug-likeness (QED) is 0.731. The monoisotopic (exact) mass is 280 g/mol. The van der Waals surface area contributed by atoms with Gasteiger partial charge in [0.1, 0.15) is 5.82 Å². The minimum Gasteiger partial charge on any atom is -0.327 e. The zero-order valence-corrected chi connectivity index (χ0v) is 12.5. The summed E-state index contributed by atoms with van der Waals surface area (Å²) in [5.74, 6) is 1.06. The van der Waals surface area contributed by atoms with Crippen LogP contribution >= 0.6 is 0 Å². The topological polar surface area (TPSA) is 42.7 Å². The Balaban J connectivity index is 1.59. The molecule has 0 radical (unpaired) electrons. The van der Waals surface area contributed by atoms with E-state index in [1.807, 2.05) is 25.3 Å². The summed E-state index contributed by atoms with van der Waals surface area (Å²) in [5, 5.41) is 3.46. The highest BCUT2D eigenvalue weighted by atomic mass is 15.1. The Morgan fingerprint density at radius 1 is 1.10 bits per heavy atom. The molecule has 21 heavy (non-hydrogen) atoms. The van der Waals surface area contributed by atoms with Gasteiger partial charge < -0.3 is 9.88 Å². The van der Waals surface area contributed by atoms with E-state index in [0.717, 1.165) is 36.7 Å². The lowest BCUT2D eigenvalue weighted by Gasteiger charge is -2.08. The molecule has 0 saturated carbocycles. The number of nitrogens with one attached hydrogen (secondary N) is 1. The highest BCUT2D eigenvalue weighted by Crippen LogP contribution is 2.14. The molecule has 4 nitrogen and oxygen atoms in total. The van der Waals surface area contributed by atoms with Crippen molar-refractivity contribution >= 4 is 11.0 Å². The van der Waals surface area contributed by atoms with Crippen LogP contribution in [0.4, 0.5) is 0 Å². The first-order valence-electron chi connectivity index (χ1n) is 7.28. The van der Waals surface area contributed by atoms with Crippen molar-refractivity contribution in [2.45, 2.75) is 26.9 Å². The summed E-state index contributed by atoms with van der Waals surface area (Å²) in [6, 6.07) is 12.4. The van der Waals surface area contributed by atoms with Crippen LogP contribution in [0.15, 0.2) is 42.6 Å². The number of hydrogen-bond acceptors (Lipinski definition) is 3. The van der Waals surface area contributed by atoms with Crippen LogP contribution in [-0.2, 0) is 13.1 Å². The predicted molar refractivity (Wildman–Crippen MR) is 85.2 cm³/mol. The average Bonchev–Trinajstić information content (AvgIpc) is 2.81. The maximum atomic E-state index is 4.58. The Morgan fingerprint density at radius 3 is 2.76 bits per heavy atom. The number of aryl methyl sites for hydroxylation is 2. The van der Waals surface area contributed by atoms with Crippen LogP contribution in [0.5, 0.6) is 0 Å². The lowest BCUT2D eigenvalue weighted by atomic mass is 10.2. The van der Waals surface area contributed by atoms with Gasteiger partial charge in [-0.3, -0.25) is 4.98 Å². The van der Waals surface area contributed by atoms with Crippen LogP contribution in [0.3, 0.4) is 0 Å². The summed E-state index contributed by atoms with van der Waals surface area (Å²) in [6.45, 7) is 6.74. The first-order chi connectivity index (χ1) is 10.2. The van der Waals surface area contributed by atoms with E-state index in [1.54, 1.807) is 0 Å². The van der Waals surface area contributed by atoms with Gasteiger partial charge >= 0.3 is 0 Å². The number of aromatic nitrogens is 3. The smallest absolute Gasteiger partial charge is 0.106 e. The van der Waals surface area contributed by atoms with Gasteiger partial charge in [-0.05, 0) is 37.6 Å². The first kappa shape index (κ1) is 13.8. The van der Waals surface area contributed by atoms with Crippen LogP contribution in [0, 0.1) is 13.8 Å². The third kappa shape index (κ3) is 3.11. The number of fused-ring (bicyclic) bond motifs is 1. The fourth-order valence-electron chi connectivity index (χ4n) is 2.50. The molecule has 0 unspecified atom stereocenters. The molecule has 0 aliphatic rings. The Morgan fingerprint density at radius 2 is 1.95 bits per heavy atom. The van der Waals surface area contributed by atoms with Crippen LogP contribution in [0.25, 0.3) is 11.0 Å². The lowest BCUT2D eigenvalue weighted by molar-refractivity contribution is 0.597. The first-order valence-corrected chi connectivity index (χ1v) is 7.28. The molecule has 108 valence electrons. The number of para-hydroxylation sites is 2. The standard InChI is InChI=1S/C17H20N4/c1-13-7-8-15(12-19-13)11-18-9-10-21-14(2)20-16-5-3-4-6-17(16)21/h3-8,12,18H,9-11H2,1-2H3. The molecule has 0 amide bonds. The normalized spacial score (nSPS) is 11.1. The Kier molecular flexibility index (Phi) is 3.97. The van der Waals surface area contributed by atoms with Gasteiger partial charge in [0.15, 0.2) is 0 Å². The van der Waals surface area contributed by atoms with E-state index in [4.69, 9.17) is 0 Å². The molecule has 4 heteroatoms. The van der Waals surface area contributed by atoms with Crippen molar-refractivity contribution < 1.29 is 0 Å². The minimum absolute atomic E-state index is 0.846. The number of rotatable bonds is 5. The molecule has 1 N–H and O–H groups in total. The summed E-state index contributed by atoms with van der Waals surface area (Å²) in [6.07, 6.45) is 1.93. The van der Waals surface area contributed by atoms with E-state index in [2.05, 4.69) is 51.0 Å². The Labute approximate surface area is 124 Å². The van der Waals surface area contributed by atoms with E-state index in [1.165, 1.54) is 11.1 Å². The minimum atomic E-state index is 0.846. The highest BCUT2D eigenvalue weighted by molar-refractivity contribution is 5.75. The van der Waals surface area contributed by atoms with Gasteiger partial charge in [0.05, 0.1) is 11.0 Å². The number of imidazole rings is 1. The van der Waals surface area contributed by atoms with E-state index in [9.17, 15) is 0 Å². The molecule has 0 spiro atoms. The predicted octanol–water partition coefficient (Wildman–Crippen LogP) is 2.84. The summed E-state index contributed by atoms with van der Waals surface area (Å²) >= 11 is 0. The number of pyridine rings is 1. The molecule has 0 fully saturated rings. The van der Waals surface area contributed by atoms with Crippen molar-refractivity contribution in [3.8, 4) is 0 Å². The molecule has 0 saturated heterocycles. The third-order valence-corrected chi connectivity index (χ3v) is 3.66. The lowest BCUT2D eigenvalue weighted by Crippen LogP contribution is -2.20. The number of nitrogens with zero attached hydrogens (tertiary/aromatic N) is 3. The fraction of sp³-hybridized carbons (Fsp3) is 0.294. The van der Waals surface area contributed by atoms with Crippen molar-refractivity contribution in [3.63, 3.8) is 0 Å². The molecule has 2 heterocycles. The summed E-state index contributed by atoms with van der Waals surface area (Å²) in [7, 11) is 0. The summed E-state index contributed by atoms with van der Waals surface area (Å²) in [5.41, 5.74) is 4.54. The molecule has 0 bridgehead atoms. The van der Waals surface area contributed by atoms with E-state index < -0.39 is 0 Å². The SMILES string of the molecule is Cc1ccc(CNCCn2c(C)nc3ccccc32)cn1. The second-order valence-electron chi connectivity index (χ2n) is 5.28. The van der Waals surface area contributed by atoms with E-state index in [0.29, 0.717) is 0 Å². The van der Waals surface area contributed by atoms with Gasteiger partial charge in [0, 0.05) is 31.5 Å². The zero-order chi connectivity index (χ0) is 14.7. The van der Waals surface area contributed by atoms with Crippen molar-refractivity contribution in [1.29, 1.82) is 0 Å². The maximum Gasteiger partial charge on any atom is 0.106 e. The molecule has 3 aromatic rings. The van der Waals surface area contributed by atoms with E-state index >= 15 is 0 Å². The molecule has 1 aromatic carbocycles. The molecule has 0 aliphatic carbocycles. The van der Waals surface area contributed by atoms with Gasteiger partial charge in [0.2, 0.25) is 0 Å². The third-order valence-electron chi connectivity index (χ3n) is 3.66. The largest absolute Gasteiger partial charge is 0.327 e. The van der Waals surface area contributed by atoms with Gasteiger partial charge in [-0.1, -0.05) is 18.2 Å². The number of benzene rings is 1. The van der Waals surface area contributed by atoms with Crippen LogP contribution in [-0.4, -0.2) is 21.1 Å². The summed E-state index contributed by atoms with van der Waals surface area (Å²) < 4.78 is 2.26. The van der Waals surface area contributed by atoms with Gasteiger partial charge in [-0.15, -0.1) is 0 Å². The Hall–Kier alpha value is -2.20. The zero-order valence-electron chi connectivity index (χ0n) is 12.5. The molecule has 2 aromatic heterocycles. The number of hydrogen-bond donors (Lipinski definition) is 1. The maximum absolute atomic E-state index is 4.58. The van der Waals surface area contributed by atoms with Crippen molar-refractivity contribution in [3.05, 3.63) is 59.7 Å². The van der Waals surface area contributed by atoms with Gasteiger partial charge in [-0.25, -0.2) is 4.98 Å². The molecule has 3 rings (SSSR count). The second kappa shape index (κ2) is 6.06. The fourth-order valence-corrected chi connectivity index (χ4v) is 2.50. The van der Waals surface area contributed by atoms with Crippen molar-refractivity contribution in [2.75, 3.05) is 6.54 Å². The Bertz CT molecular complexity index is 728. The van der Waals surface area contributed by atoms with Crippen LogP contribution in [0.1, 0.15) is 17.1 Å². The van der Waals surface area contributed by atoms with Crippen molar-refractivity contribution in [2.24, 2.45) is 0 Å². The summed E-state index contributed by atoms with van der Waals surface area (Å²) in [4.78, 5) is 8.89. The molecular weight excluding hydrogens is 260 g/mol. The average molecular weight is 280 g/mol. The van der Waals surface area contributed by atoms with E-state index in [-0.39, 0.29) is 0 Å². The van der Waals surface area contributed by atoms with Gasteiger partial charge in [-0.2, -0.15) is 0 Å². The second-order valence-corrected chi connectivity index (χ2v) is 5.28. The van der Waals surface area contributed by atoms with Crippen LogP contribution < -0.4 is 5.32 Å². The molecular formula is C17H20N4.